The molecule has 3 rings (SSSR count). The average Bonchev–Trinajstić information content (AvgIpc) is 2.63. The number of hydrogen-bond acceptors (Lipinski definition) is 2. The van der Waals surface area contributed by atoms with Crippen molar-refractivity contribution < 1.29 is 14.7 Å². The summed E-state index contributed by atoms with van der Waals surface area (Å²) in [5, 5.41) is 9.16. The molecular formula is C20H27NO3. The highest BCUT2D eigenvalue weighted by molar-refractivity contribution is 5.78. The number of carbonyl (C=O) groups excluding carboxylic acids is 1. The molecular weight excluding hydrogens is 302 g/mol. The molecule has 1 atom stereocenters. The van der Waals surface area contributed by atoms with Crippen molar-refractivity contribution in [2.24, 2.45) is 11.8 Å². The van der Waals surface area contributed by atoms with Crippen LogP contribution in [0.25, 0.3) is 0 Å². The quantitative estimate of drug-likeness (QED) is 0.917. The van der Waals surface area contributed by atoms with Crippen LogP contribution in [0.5, 0.6) is 0 Å². The first-order chi connectivity index (χ1) is 11.6. The number of nitrogens with zero attached hydrogens (tertiary/aromatic N) is 1. The standard InChI is InChI=1S/C20H27NO3/c22-19(21-12-4-7-18(14-21)20(23)24)13-15-8-10-17(11-9-15)16-5-2-1-3-6-16/h1-3,5-6,15,17-18H,4,7-14H2,(H,23,24)/t15?,17?,18-/m0/s1. The van der Waals surface area contributed by atoms with Gasteiger partial charge >= 0.3 is 5.97 Å². The lowest BCUT2D eigenvalue weighted by molar-refractivity contribution is -0.146. The number of benzene rings is 1. The number of carbonyl (C=O) groups is 2. The van der Waals surface area contributed by atoms with E-state index in [1.54, 1.807) is 4.90 Å². The Labute approximate surface area is 143 Å². The van der Waals surface area contributed by atoms with E-state index in [0.29, 0.717) is 31.2 Å². The van der Waals surface area contributed by atoms with E-state index in [4.69, 9.17) is 5.11 Å². The fourth-order valence-electron chi connectivity index (χ4n) is 4.21. The smallest absolute Gasteiger partial charge is 0.308 e. The van der Waals surface area contributed by atoms with Gasteiger partial charge < -0.3 is 10.0 Å². The number of amides is 1. The van der Waals surface area contributed by atoms with E-state index in [1.165, 1.54) is 5.56 Å². The summed E-state index contributed by atoms with van der Waals surface area (Å²) in [5.41, 5.74) is 1.42. The van der Waals surface area contributed by atoms with Crippen molar-refractivity contribution in [2.75, 3.05) is 13.1 Å². The van der Waals surface area contributed by atoms with Crippen molar-refractivity contribution in [3.8, 4) is 0 Å². The summed E-state index contributed by atoms with van der Waals surface area (Å²) in [5.74, 6) is 0.100. The highest BCUT2D eigenvalue weighted by Gasteiger charge is 2.30. The zero-order valence-electron chi connectivity index (χ0n) is 14.2. The van der Waals surface area contributed by atoms with E-state index >= 15 is 0 Å². The van der Waals surface area contributed by atoms with Gasteiger partial charge in [0, 0.05) is 19.5 Å². The third-order valence-electron chi connectivity index (χ3n) is 5.70. The Morgan fingerprint density at radius 3 is 2.42 bits per heavy atom. The van der Waals surface area contributed by atoms with Gasteiger partial charge in [0.1, 0.15) is 0 Å². The summed E-state index contributed by atoms with van der Waals surface area (Å²) < 4.78 is 0. The van der Waals surface area contributed by atoms with Crippen molar-refractivity contribution in [2.45, 2.75) is 50.9 Å². The SMILES string of the molecule is O=C(O)[C@H]1CCCN(C(=O)CC2CCC(c3ccccc3)CC2)C1. The zero-order chi connectivity index (χ0) is 16.9. The number of likely N-dealkylation sites (tertiary alicyclic amines) is 1. The Balaban J connectivity index is 1.47. The number of aliphatic carboxylic acids is 1. The van der Waals surface area contributed by atoms with Crippen LogP contribution in [0.3, 0.4) is 0 Å². The first kappa shape index (κ1) is 17.0. The maximum Gasteiger partial charge on any atom is 0.308 e. The third kappa shape index (κ3) is 4.16. The second-order valence-electron chi connectivity index (χ2n) is 7.35. The van der Waals surface area contributed by atoms with E-state index in [9.17, 15) is 9.59 Å². The van der Waals surface area contributed by atoms with Crippen LogP contribution >= 0.6 is 0 Å². The van der Waals surface area contributed by atoms with Crippen LogP contribution in [-0.2, 0) is 9.59 Å². The molecule has 0 radical (unpaired) electrons. The van der Waals surface area contributed by atoms with Crippen LogP contribution in [-0.4, -0.2) is 35.0 Å². The molecule has 0 bridgehead atoms. The number of piperidine rings is 1. The number of rotatable bonds is 4. The van der Waals surface area contributed by atoms with Crippen molar-refractivity contribution in [3.05, 3.63) is 35.9 Å². The van der Waals surface area contributed by atoms with Gasteiger partial charge in [0.2, 0.25) is 5.91 Å². The Hall–Kier alpha value is -1.84. The molecule has 1 saturated heterocycles. The third-order valence-corrected chi connectivity index (χ3v) is 5.70. The van der Waals surface area contributed by atoms with Crippen LogP contribution in [0.4, 0.5) is 0 Å². The second kappa shape index (κ2) is 7.82. The molecule has 130 valence electrons. The lowest BCUT2D eigenvalue weighted by Gasteiger charge is -2.33. The molecule has 1 aliphatic carbocycles. The molecule has 0 unspecified atom stereocenters. The van der Waals surface area contributed by atoms with Gasteiger partial charge in [0.15, 0.2) is 0 Å². The summed E-state index contributed by atoms with van der Waals surface area (Å²) in [6.45, 7) is 1.12. The normalized spacial score (nSPS) is 27.7. The molecule has 1 aliphatic heterocycles. The topological polar surface area (TPSA) is 57.6 Å². The van der Waals surface area contributed by atoms with E-state index in [-0.39, 0.29) is 11.8 Å². The molecule has 2 fully saturated rings. The minimum Gasteiger partial charge on any atom is -0.481 e. The van der Waals surface area contributed by atoms with Gasteiger partial charge in [-0.05, 0) is 55.9 Å². The maximum atomic E-state index is 12.5. The molecule has 1 aromatic rings. The molecule has 24 heavy (non-hydrogen) atoms. The molecule has 0 aromatic heterocycles. The molecule has 1 aromatic carbocycles. The van der Waals surface area contributed by atoms with Crippen LogP contribution in [0.15, 0.2) is 30.3 Å². The van der Waals surface area contributed by atoms with Gasteiger partial charge in [-0.2, -0.15) is 0 Å². The Bertz CT molecular complexity index is 564. The summed E-state index contributed by atoms with van der Waals surface area (Å²) in [6.07, 6.45) is 6.60. The fraction of sp³-hybridized carbons (Fsp3) is 0.600. The van der Waals surface area contributed by atoms with Crippen LogP contribution < -0.4 is 0 Å². The first-order valence-corrected chi connectivity index (χ1v) is 9.19. The monoisotopic (exact) mass is 329 g/mol. The molecule has 1 heterocycles. The molecule has 1 amide bonds. The van der Waals surface area contributed by atoms with Gasteiger partial charge in [-0.15, -0.1) is 0 Å². The summed E-state index contributed by atoms with van der Waals surface area (Å²) in [4.78, 5) is 25.4. The Kier molecular flexibility index (Phi) is 5.54. The largest absolute Gasteiger partial charge is 0.481 e. The van der Waals surface area contributed by atoms with E-state index in [2.05, 4.69) is 30.3 Å². The minimum absolute atomic E-state index is 0.157. The highest BCUT2D eigenvalue weighted by Crippen LogP contribution is 2.37. The van der Waals surface area contributed by atoms with Crippen molar-refractivity contribution in [1.82, 2.24) is 4.90 Å². The predicted octanol–water partition coefficient (Wildman–Crippen LogP) is 3.67. The number of carboxylic acids is 1. The second-order valence-corrected chi connectivity index (χ2v) is 7.35. The fourth-order valence-corrected chi connectivity index (χ4v) is 4.21. The van der Waals surface area contributed by atoms with E-state index in [0.717, 1.165) is 38.6 Å². The van der Waals surface area contributed by atoms with Crippen molar-refractivity contribution in [1.29, 1.82) is 0 Å². The van der Waals surface area contributed by atoms with Crippen LogP contribution in [0.2, 0.25) is 0 Å². The Morgan fingerprint density at radius 1 is 1.04 bits per heavy atom. The van der Waals surface area contributed by atoms with Crippen molar-refractivity contribution in [3.63, 3.8) is 0 Å². The van der Waals surface area contributed by atoms with Gasteiger partial charge in [0.25, 0.3) is 0 Å². The minimum atomic E-state index is -0.768. The molecule has 1 N–H and O–H groups in total. The summed E-state index contributed by atoms with van der Waals surface area (Å²) in [6, 6.07) is 10.7. The highest BCUT2D eigenvalue weighted by atomic mass is 16.4. The molecule has 4 nitrogen and oxygen atoms in total. The first-order valence-electron chi connectivity index (χ1n) is 9.19. The summed E-state index contributed by atoms with van der Waals surface area (Å²) >= 11 is 0. The van der Waals surface area contributed by atoms with Crippen LogP contribution in [0, 0.1) is 11.8 Å². The van der Waals surface area contributed by atoms with Gasteiger partial charge in [-0.1, -0.05) is 30.3 Å². The molecule has 2 aliphatic rings. The molecule has 4 heteroatoms. The van der Waals surface area contributed by atoms with Gasteiger partial charge in [-0.25, -0.2) is 0 Å². The van der Waals surface area contributed by atoms with E-state index < -0.39 is 5.97 Å². The molecule has 0 spiro atoms. The van der Waals surface area contributed by atoms with Crippen molar-refractivity contribution >= 4 is 11.9 Å². The van der Waals surface area contributed by atoms with Gasteiger partial charge in [-0.3, -0.25) is 9.59 Å². The predicted molar refractivity (Wildman–Crippen MR) is 92.7 cm³/mol. The van der Waals surface area contributed by atoms with Gasteiger partial charge in [0.05, 0.1) is 5.92 Å². The average molecular weight is 329 g/mol. The Morgan fingerprint density at radius 2 is 1.75 bits per heavy atom. The summed E-state index contributed by atoms with van der Waals surface area (Å²) in [7, 11) is 0. The molecule has 1 saturated carbocycles. The maximum absolute atomic E-state index is 12.5. The number of hydrogen-bond donors (Lipinski definition) is 1. The lowest BCUT2D eigenvalue weighted by Crippen LogP contribution is -2.43. The zero-order valence-corrected chi connectivity index (χ0v) is 14.2. The van der Waals surface area contributed by atoms with Crippen LogP contribution in [0.1, 0.15) is 56.4 Å². The van der Waals surface area contributed by atoms with E-state index in [1.807, 2.05) is 0 Å². The number of carboxylic acid groups (broad SMARTS) is 1. The lowest BCUT2D eigenvalue weighted by atomic mass is 9.77.